The quantitative estimate of drug-likeness (QED) is 0.508. The Balaban J connectivity index is 2.64. The molecule has 0 amide bonds. The Kier molecular flexibility index (Phi) is 5.31. The zero-order chi connectivity index (χ0) is 14.5. The summed E-state index contributed by atoms with van der Waals surface area (Å²) in [5.41, 5.74) is 7.19. The van der Waals surface area contributed by atoms with Crippen molar-refractivity contribution < 1.29 is 13.2 Å². The molecule has 0 unspecified atom stereocenters. The van der Waals surface area contributed by atoms with Crippen LogP contribution in [0, 0.1) is 0 Å². The van der Waals surface area contributed by atoms with Crippen molar-refractivity contribution in [2.24, 2.45) is 0 Å². The number of Topliss-reactive ketones (excluding diaryl/α,β-unsaturated/α-hetero) is 1. The van der Waals surface area contributed by atoms with E-state index in [1.807, 2.05) is 0 Å². The second kappa shape index (κ2) is 6.53. The Hall–Kier alpha value is -1.60. The summed E-state index contributed by atoms with van der Waals surface area (Å²) < 4.78 is 25.3. The lowest BCUT2D eigenvalue weighted by Crippen LogP contribution is -2.29. The Morgan fingerprint density at radius 1 is 1.37 bits per heavy atom. The van der Waals surface area contributed by atoms with Gasteiger partial charge >= 0.3 is 0 Å². The molecule has 0 saturated heterocycles. The van der Waals surface area contributed by atoms with Crippen molar-refractivity contribution in [3.8, 4) is 0 Å². The highest BCUT2D eigenvalue weighted by Gasteiger charge is 2.09. The molecule has 0 aliphatic heterocycles. The van der Waals surface area contributed by atoms with E-state index in [-0.39, 0.29) is 18.1 Å². The Morgan fingerprint density at radius 2 is 2.05 bits per heavy atom. The normalized spacial score (nSPS) is 11.3. The minimum atomic E-state index is -3.24. The van der Waals surface area contributed by atoms with Crippen LogP contribution >= 0.6 is 0 Å². The van der Waals surface area contributed by atoms with Crippen molar-refractivity contribution >= 4 is 27.2 Å². The first-order valence-electron chi connectivity index (χ1n) is 5.97. The Bertz CT molecular complexity index is 555. The fraction of sp³-hybridized carbons (Fsp3) is 0.417. The number of carbonyl (C=O) groups excluding carboxylic acids is 1. The third kappa shape index (κ3) is 4.88. The van der Waals surface area contributed by atoms with Crippen LogP contribution in [0.5, 0.6) is 0 Å². The minimum Gasteiger partial charge on any atom is -0.398 e. The van der Waals surface area contributed by atoms with Gasteiger partial charge in [-0.15, -0.1) is 0 Å². The third-order valence-corrected chi connectivity index (χ3v) is 3.97. The average Bonchev–Trinajstić information content (AvgIpc) is 2.30. The van der Waals surface area contributed by atoms with Crippen LogP contribution in [0.15, 0.2) is 18.2 Å². The van der Waals surface area contributed by atoms with E-state index < -0.39 is 10.0 Å². The van der Waals surface area contributed by atoms with Crippen molar-refractivity contribution in [1.82, 2.24) is 4.72 Å². The Morgan fingerprint density at radius 3 is 2.63 bits per heavy atom. The highest BCUT2D eigenvalue weighted by molar-refractivity contribution is 7.89. The molecule has 1 aromatic rings. The first kappa shape index (κ1) is 15.5. The van der Waals surface area contributed by atoms with Gasteiger partial charge in [0.25, 0.3) is 0 Å². The molecule has 6 nitrogen and oxygen atoms in total. The van der Waals surface area contributed by atoms with Crippen LogP contribution in [0.4, 0.5) is 11.4 Å². The molecule has 4 N–H and O–H groups in total. The molecule has 0 bridgehead atoms. The van der Waals surface area contributed by atoms with E-state index in [1.54, 1.807) is 25.1 Å². The summed E-state index contributed by atoms with van der Waals surface area (Å²) in [7, 11) is -3.24. The number of sulfonamides is 1. The second-order valence-electron chi connectivity index (χ2n) is 4.10. The third-order valence-electron chi connectivity index (χ3n) is 2.50. The van der Waals surface area contributed by atoms with Gasteiger partial charge in [-0.25, -0.2) is 13.1 Å². The lowest BCUT2D eigenvalue weighted by molar-refractivity contribution is 0.101. The van der Waals surface area contributed by atoms with Gasteiger partial charge in [0.05, 0.1) is 5.75 Å². The summed E-state index contributed by atoms with van der Waals surface area (Å²) in [5.74, 6) is -0.151. The van der Waals surface area contributed by atoms with Crippen LogP contribution in [0.25, 0.3) is 0 Å². The molecule has 19 heavy (non-hydrogen) atoms. The Labute approximate surface area is 113 Å². The maximum Gasteiger partial charge on any atom is 0.213 e. The number of rotatable bonds is 7. The van der Waals surface area contributed by atoms with Crippen molar-refractivity contribution in [2.45, 2.75) is 13.8 Å². The largest absolute Gasteiger partial charge is 0.398 e. The number of hydrogen-bond donors (Lipinski definition) is 3. The predicted molar refractivity (Wildman–Crippen MR) is 76.8 cm³/mol. The molecular weight excluding hydrogens is 266 g/mol. The first-order chi connectivity index (χ1) is 8.85. The minimum absolute atomic E-state index is 0.0272. The van der Waals surface area contributed by atoms with Crippen LogP contribution in [-0.2, 0) is 10.0 Å². The topological polar surface area (TPSA) is 101 Å². The summed E-state index contributed by atoms with van der Waals surface area (Å²) >= 11 is 0. The maximum absolute atomic E-state index is 11.4. The van der Waals surface area contributed by atoms with Crippen LogP contribution in [0.1, 0.15) is 24.2 Å². The molecule has 1 rings (SSSR count). The molecule has 0 atom stereocenters. The molecule has 0 spiro atoms. The van der Waals surface area contributed by atoms with Gasteiger partial charge < -0.3 is 11.1 Å². The summed E-state index contributed by atoms with van der Waals surface area (Å²) in [6, 6.07) is 4.96. The lowest BCUT2D eigenvalue weighted by Gasteiger charge is -2.09. The first-order valence-corrected chi connectivity index (χ1v) is 7.62. The van der Waals surface area contributed by atoms with Gasteiger partial charge in [0.15, 0.2) is 5.78 Å². The van der Waals surface area contributed by atoms with Crippen molar-refractivity contribution in [3.63, 3.8) is 0 Å². The molecule has 0 aliphatic carbocycles. The van der Waals surface area contributed by atoms with Crippen LogP contribution in [0.2, 0.25) is 0 Å². The fourth-order valence-corrected chi connectivity index (χ4v) is 2.55. The summed E-state index contributed by atoms with van der Waals surface area (Å²) in [6.07, 6.45) is 0. The lowest BCUT2D eigenvalue weighted by atomic mass is 10.1. The van der Waals surface area contributed by atoms with Crippen molar-refractivity contribution in [3.05, 3.63) is 23.8 Å². The van der Waals surface area contributed by atoms with Crippen molar-refractivity contribution in [2.75, 3.05) is 29.9 Å². The van der Waals surface area contributed by atoms with Crippen LogP contribution < -0.4 is 15.8 Å². The van der Waals surface area contributed by atoms with Gasteiger partial charge in [0, 0.05) is 30.0 Å². The van der Waals surface area contributed by atoms with E-state index in [0.717, 1.165) is 0 Å². The van der Waals surface area contributed by atoms with Gasteiger partial charge in [0.1, 0.15) is 0 Å². The SMILES string of the molecule is CCNS(=O)(=O)CCNc1ccc(N)c(C(C)=O)c1. The standard InChI is InChI=1S/C12H19N3O3S/c1-3-15-19(17,18)7-6-14-10-4-5-12(13)11(8-10)9(2)16/h4-5,8,14-15H,3,6-7,13H2,1-2H3. The fourth-order valence-electron chi connectivity index (χ4n) is 1.59. The second-order valence-corrected chi connectivity index (χ2v) is 6.03. The molecule has 0 saturated carbocycles. The molecule has 0 radical (unpaired) electrons. The molecule has 7 heteroatoms. The van der Waals surface area contributed by atoms with Gasteiger partial charge in [-0.05, 0) is 25.1 Å². The van der Waals surface area contributed by atoms with E-state index in [9.17, 15) is 13.2 Å². The van der Waals surface area contributed by atoms with Crippen molar-refractivity contribution in [1.29, 1.82) is 0 Å². The molecule has 0 aliphatic rings. The highest BCUT2D eigenvalue weighted by atomic mass is 32.2. The smallest absolute Gasteiger partial charge is 0.213 e. The molecule has 1 aromatic carbocycles. The number of ketones is 1. The van der Waals surface area contributed by atoms with E-state index in [0.29, 0.717) is 23.5 Å². The molecule has 0 fully saturated rings. The number of hydrogen-bond acceptors (Lipinski definition) is 5. The van der Waals surface area contributed by atoms with Gasteiger partial charge in [-0.2, -0.15) is 0 Å². The number of benzene rings is 1. The molecule has 0 aromatic heterocycles. The van der Waals surface area contributed by atoms with Crippen LogP contribution in [-0.4, -0.2) is 33.0 Å². The number of anilines is 2. The summed E-state index contributed by atoms with van der Waals surface area (Å²) in [4.78, 5) is 11.3. The monoisotopic (exact) mass is 285 g/mol. The number of nitrogens with one attached hydrogen (secondary N) is 2. The van der Waals surface area contributed by atoms with E-state index in [2.05, 4.69) is 10.0 Å². The number of nitrogens with two attached hydrogens (primary N) is 1. The number of nitrogen functional groups attached to an aromatic ring is 1. The van der Waals surface area contributed by atoms with E-state index >= 15 is 0 Å². The predicted octanol–water partition coefficient (Wildman–Crippen LogP) is 0.823. The zero-order valence-electron chi connectivity index (χ0n) is 11.1. The number of carbonyl (C=O) groups is 1. The highest BCUT2D eigenvalue weighted by Crippen LogP contribution is 2.18. The van der Waals surface area contributed by atoms with Gasteiger partial charge in [-0.1, -0.05) is 6.92 Å². The van der Waals surface area contributed by atoms with Gasteiger partial charge in [-0.3, -0.25) is 4.79 Å². The van der Waals surface area contributed by atoms with E-state index in [4.69, 9.17) is 5.73 Å². The molecule has 0 heterocycles. The van der Waals surface area contributed by atoms with Gasteiger partial charge in [0.2, 0.25) is 10.0 Å². The maximum atomic E-state index is 11.4. The summed E-state index contributed by atoms with van der Waals surface area (Å²) in [6.45, 7) is 3.80. The molecular formula is C12H19N3O3S. The van der Waals surface area contributed by atoms with Crippen LogP contribution in [0.3, 0.4) is 0 Å². The zero-order valence-corrected chi connectivity index (χ0v) is 11.9. The average molecular weight is 285 g/mol. The molecule has 106 valence electrons. The van der Waals surface area contributed by atoms with E-state index in [1.165, 1.54) is 6.92 Å². The summed E-state index contributed by atoms with van der Waals surface area (Å²) in [5, 5.41) is 2.95.